The first-order valence-corrected chi connectivity index (χ1v) is 9.24. The van der Waals surface area contributed by atoms with Gasteiger partial charge in [0.25, 0.3) is 0 Å². The second-order valence-corrected chi connectivity index (χ2v) is 7.24. The highest BCUT2D eigenvalue weighted by Crippen LogP contribution is 2.23. The van der Waals surface area contributed by atoms with E-state index >= 15 is 0 Å². The third kappa shape index (κ3) is 4.27. The van der Waals surface area contributed by atoms with E-state index in [-0.39, 0.29) is 5.82 Å². The summed E-state index contributed by atoms with van der Waals surface area (Å²) in [6.07, 6.45) is 6.99. The Morgan fingerprint density at radius 2 is 1.79 bits per heavy atom. The number of benzene rings is 1. The molecule has 0 atom stereocenters. The maximum Gasteiger partial charge on any atom is 0.123 e. The van der Waals surface area contributed by atoms with Crippen LogP contribution in [0.25, 0.3) is 0 Å². The third-order valence-corrected chi connectivity index (χ3v) is 5.41. The van der Waals surface area contributed by atoms with E-state index in [4.69, 9.17) is 0 Å². The molecule has 1 saturated carbocycles. The highest BCUT2D eigenvalue weighted by atomic mass is 19.1. The van der Waals surface area contributed by atoms with Gasteiger partial charge in [-0.05, 0) is 68.5 Å². The van der Waals surface area contributed by atoms with Gasteiger partial charge in [0.15, 0.2) is 0 Å². The Morgan fingerprint density at radius 3 is 2.50 bits per heavy atom. The van der Waals surface area contributed by atoms with Crippen molar-refractivity contribution >= 4 is 0 Å². The Morgan fingerprint density at radius 1 is 1.08 bits per heavy atom. The summed E-state index contributed by atoms with van der Waals surface area (Å²) in [5.74, 6) is 0.689. The molecule has 0 saturated heterocycles. The van der Waals surface area contributed by atoms with Crippen molar-refractivity contribution in [3.8, 4) is 0 Å². The first-order valence-electron chi connectivity index (χ1n) is 9.24. The van der Waals surface area contributed by atoms with Gasteiger partial charge in [-0.2, -0.15) is 0 Å². The summed E-state index contributed by atoms with van der Waals surface area (Å²) in [5, 5.41) is 3.66. The standard InChI is InChI=1S/C21H29FN2/c1-16-12-20(14-23-13-18-6-4-3-5-7-18)17(2)24(16)15-19-8-10-21(22)11-9-19/h8-12,18,23H,3-7,13-15H2,1-2H3. The highest BCUT2D eigenvalue weighted by Gasteiger charge is 2.14. The summed E-state index contributed by atoms with van der Waals surface area (Å²) in [7, 11) is 0. The topological polar surface area (TPSA) is 17.0 Å². The molecule has 0 spiro atoms. The predicted molar refractivity (Wildman–Crippen MR) is 97.7 cm³/mol. The van der Waals surface area contributed by atoms with Gasteiger partial charge in [0.1, 0.15) is 5.82 Å². The van der Waals surface area contributed by atoms with E-state index in [1.165, 1.54) is 61.2 Å². The van der Waals surface area contributed by atoms with Crippen LogP contribution in [0.5, 0.6) is 0 Å². The molecule has 1 fully saturated rings. The van der Waals surface area contributed by atoms with Gasteiger partial charge in [0.05, 0.1) is 0 Å². The quantitative estimate of drug-likeness (QED) is 0.793. The fourth-order valence-electron chi connectivity index (χ4n) is 3.87. The molecule has 0 amide bonds. The van der Waals surface area contributed by atoms with Crippen molar-refractivity contribution in [2.45, 2.75) is 59.0 Å². The number of aryl methyl sites for hydroxylation is 1. The van der Waals surface area contributed by atoms with E-state index in [1.807, 2.05) is 12.1 Å². The molecule has 0 bridgehead atoms. The smallest absolute Gasteiger partial charge is 0.123 e. The number of rotatable bonds is 6. The van der Waals surface area contributed by atoms with E-state index < -0.39 is 0 Å². The van der Waals surface area contributed by atoms with Crippen LogP contribution in [-0.4, -0.2) is 11.1 Å². The molecular weight excluding hydrogens is 299 g/mol. The van der Waals surface area contributed by atoms with Crippen molar-refractivity contribution in [2.24, 2.45) is 5.92 Å². The number of nitrogens with one attached hydrogen (secondary N) is 1. The van der Waals surface area contributed by atoms with Crippen LogP contribution in [-0.2, 0) is 13.1 Å². The molecule has 1 aliphatic rings. The van der Waals surface area contributed by atoms with Gasteiger partial charge in [0.2, 0.25) is 0 Å². The van der Waals surface area contributed by atoms with Crippen LogP contribution in [0.15, 0.2) is 30.3 Å². The highest BCUT2D eigenvalue weighted by molar-refractivity contribution is 5.28. The molecule has 1 N–H and O–H groups in total. The summed E-state index contributed by atoms with van der Waals surface area (Å²) in [4.78, 5) is 0. The number of aromatic nitrogens is 1. The minimum Gasteiger partial charge on any atom is -0.344 e. The molecule has 24 heavy (non-hydrogen) atoms. The monoisotopic (exact) mass is 328 g/mol. The van der Waals surface area contributed by atoms with Crippen LogP contribution < -0.4 is 5.32 Å². The Balaban J connectivity index is 1.59. The van der Waals surface area contributed by atoms with Crippen LogP contribution in [0.3, 0.4) is 0 Å². The molecule has 1 aromatic carbocycles. The zero-order valence-corrected chi connectivity index (χ0v) is 14.9. The van der Waals surface area contributed by atoms with Gasteiger partial charge in [-0.25, -0.2) is 4.39 Å². The molecule has 2 aromatic rings. The zero-order chi connectivity index (χ0) is 16.9. The third-order valence-electron chi connectivity index (χ3n) is 5.41. The van der Waals surface area contributed by atoms with Gasteiger partial charge in [0, 0.05) is 24.5 Å². The van der Waals surface area contributed by atoms with E-state index in [0.29, 0.717) is 0 Å². The Kier molecular flexibility index (Phi) is 5.72. The Bertz CT molecular complexity index is 651. The average molecular weight is 328 g/mol. The molecule has 3 rings (SSSR count). The molecule has 3 heteroatoms. The van der Waals surface area contributed by atoms with Gasteiger partial charge < -0.3 is 9.88 Å². The molecule has 1 aromatic heterocycles. The molecule has 2 nitrogen and oxygen atoms in total. The molecule has 0 radical (unpaired) electrons. The normalized spacial score (nSPS) is 15.8. The van der Waals surface area contributed by atoms with Gasteiger partial charge in [-0.1, -0.05) is 31.4 Å². The second kappa shape index (κ2) is 7.98. The molecule has 0 unspecified atom stereocenters. The Hall–Kier alpha value is -1.61. The lowest BCUT2D eigenvalue weighted by Crippen LogP contribution is -2.24. The summed E-state index contributed by atoms with van der Waals surface area (Å²) < 4.78 is 15.4. The van der Waals surface area contributed by atoms with Crippen molar-refractivity contribution in [3.05, 3.63) is 58.7 Å². The lowest BCUT2D eigenvalue weighted by Gasteiger charge is -2.21. The zero-order valence-electron chi connectivity index (χ0n) is 14.9. The van der Waals surface area contributed by atoms with Gasteiger partial charge >= 0.3 is 0 Å². The largest absolute Gasteiger partial charge is 0.344 e. The lowest BCUT2D eigenvalue weighted by molar-refractivity contribution is 0.342. The van der Waals surface area contributed by atoms with E-state index in [1.54, 1.807) is 0 Å². The van der Waals surface area contributed by atoms with Crippen LogP contribution in [0.4, 0.5) is 4.39 Å². The molecular formula is C21H29FN2. The lowest BCUT2D eigenvalue weighted by atomic mass is 9.89. The van der Waals surface area contributed by atoms with Crippen molar-refractivity contribution in [3.63, 3.8) is 0 Å². The maximum atomic E-state index is 13.1. The number of hydrogen-bond donors (Lipinski definition) is 1. The van der Waals surface area contributed by atoms with Crippen LogP contribution >= 0.6 is 0 Å². The summed E-state index contributed by atoms with van der Waals surface area (Å²) >= 11 is 0. The minimum atomic E-state index is -0.174. The molecule has 1 heterocycles. The average Bonchev–Trinajstić information content (AvgIpc) is 2.85. The second-order valence-electron chi connectivity index (χ2n) is 7.24. The fourth-order valence-corrected chi connectivity index (χ4v) is 3.87. The minimum absolute atomic E-state index is 0.174. The first kappa shape index (κ1) is 17.2. The van der Waals surface area contributed by atoms with Crippen molar-refractivity contribution in [2.75, 3.05) is 6.54 Å². The number of nitrogens with zero attached hydrogens (tertiary/aromatic N) is 1. The van der Waals surface area contributed by atoms with Gasteiger partial charge in [-0.15, -0.1) is 0 Å². The van der Waals surface area contributed by atoms with Crippen LogP contribution in [0, 0.1) is 25.6 Å². The molecule has 1 aliphatic carbocycles. The summed E-state index contributed by atoms with van der Waals surface area (Å²) in [6, 6.07) is 9.10. The number of hydrogen-bond acceptors (Lipinski definition) is 1. The molecule has 130 valence electrons. The summed E-state index contributed by atoms with van der Waals surface area (Å²) in [5.41, 5.74) is 5.10. The first-order chi connectivity index (χ1) is 11.6. The fraction of sp³-hybridized carbons (Fsp3) is 0.524. The summed E-state index contributed by atoms with van der Waals surface area (Å²) in [6.45, 7) is 7.23. The van der Waals surface area contributed by atoms with Crippen molar-refractivity contribution in [1.29, 1.82) is 0 Å². The molecule has 0 aliphatic heterocycles. The van der Waals surface area contributed by atoms with Crippen molar-refractivity contribution < 1.29 is 4.39 Å². The van der Waals surface area contributed by atoms with E-state index in [9.17, 15) is 4.39 Å². The maximum absolute atomic E-state index is 13.1. The van der Waals surface area contributed by atoms with Crippen LogP contribution in [0.2, 0.25) is 0 Å². The van der Waals surface area contributed by atoms with E-state index in [2.05, 4.69) is 29.8 Å². The van der Waals surface area contributed by atoms with Crippen LogP contribution in [0.1, 0.15) is 54.6 Å². The SMILES string of the molecule is Cc1cc(CNCC2CCCCC2)c(C)n1Cc1ccc(F)cc1. The Labute approximate surface area is 145 Å². The van der Waals surface area contributed by atoms with E-state index in [0.717, 1.165) is 31.1 Å². The van der Waals surface area contributed by atoms with Crippen molar-refractivity contribution in [1.82, 2.24) is 9.88 Å². The van der Waals surface area contributed by atoms with Gasteiger partial charge in [-0.3, -0.25) is 0 Å². The predicted octanol–water partition coefficient (Wildman–Crippen LogP) is 4.96. The number of halogens is 1.